The summed E-state index contributed by atoms with van der Waals surface area (Å²) in [5.74, 6) is 0.293. The van der Waals surface area contributed by atoms with Crippen LogP contribution in [0.4, 0.5) is 0 Å². The first-order valence-corrected chi connectivity index (χ1v) is 6.17. The van der Waals surface area contributed by atoms with Gasteiger partial charge in [-0.05, 0) is 19.4 Å². The molecule has 1 heterocycles. The Labute approximate surface area is 98.0 Å². The maximum atomic E-state index is 5.64. The SMILES string of the molecule is CCN(CC(C)C(N)=S)C1CCCOC1. The molecule has 3 nitrogen and oxygen atoms in total. The van der Waals surface area contributed by atoms with Crippen molar-refractivity contribution in [3.63, 3.8) is 0 Å². The van der Waals surface area contributed by atoms with Gasteiger partial charge in [-0.15, -0.1) is 0 Å². The zero-order valence-electron chi connectivity index (χ0n) is 9.74. The summed E-state index contributed by atoms with van der Waals surface area (Å²) < 4.78 is 5.50. The van der Waals surface area contributed by atoms with E-state index in [0.29, 0.717) is 16.9 Å². The fourth-order valence-corrected chi connectivity index (χ4v) is 2.06. The molecule has 2 atom stereocenters. The van der Waals surface area contributed by atoms with Gasteiger partial charge in [-0.25, -0.2) is 0 Å². The number of rotatable bonds is 5. The Hall–Kier alpha value is -0.190. The normalized spacial score (nSPS) is 24.1. The lowest BCUT2D eigenvalue weighted by molar-refractivity contribution is 0.0176. The largest absolute Gasteiger partial charge is 0.393 e. The molecule has 0 aliphatic carbocycles. The van der Waals surface area contributed by atoms with Gasteiger partial charge in [-0.1, -0.05) is 26.1 Å². The lowest BCUT2D eigenvalue weighted by Gasteiger charge is -2.34. The molecule has 0 aromatic carbocycles. The monoisotopic (exact) mass is 230 g/mol. The second-order valence-electron chi connectivity index (χ2n) is 4.26. The van der Waals surface area contributed by atoms with Gasteiger partial charge in [-0.3, -0.25) is 4.90 Å². The average Bonchev–Trinajstić information content (AvgIpc) is 2.26. The highest BCUT2D eigenvalue weighted by molar-refractivity contribution is 7.80. The Morgan fingerprint density at radius 2 is 2.40 bits per heavy atom. The van der Waals surface area contributed by atoms with Crippen molar-refractivity contribution in [1.29, 1.82) is 0 Å². The Morgan fingerprint density at radius 1 is 1.67 bits per heavy atom. The molecule has 0 spiro atoms. The molecule has 0 aromatic heterocycles. The molecule has 0 amide bonds. The first-order chi connectivity index (χ1) is 7.15. The molecule has 2 N–H and O–H groups in total. The fourth-order valence-electron chi connectivity index (χ4n) is 1.99. The molecule has 1 saturated heterocycles. The van der Waals surface area contributed by atoms with E-state index in [1.807, 2.05) is 0 Å². The standard InChI is InChI=1S/C11H22N2OS/c1-3-13(7-9(2)11(12)15)10-5-4-6-14-8-10/h9-10H,3-8H2,1-2H3,(H2,12,15). The number of nitrogens with two attached hydrogens (primary N) is 1. The third-order valence-electron chi connectivity index (χ3n) is 3.05. The van der Waals surface area contributed by atoms with E-state index in [1.54, 1.807) is 0 Å². The van der Waals surface area contributed by atoms with Gasteiger partial charge in [0.1, 0.15) is 0 Å². The smallest absolute Gasteiger partial charge is 0.0768 e. The Morgan fingerprint density at radius 3 is 2.87 bits per heavy atom. The van der Waals surface area contributed by atoms with E-state index in [-0.39, 0.29) is 0 Å². The number of ether oxygens (including phenoxy) is 1. The lowest BCUT2D eigenvalue weighted by Crippen LogP contribution is -2.44. The predicted octanol–water partition coefficient (Wildman–Crippen LogP) is 1.41. The Balaban J connectivity index is 2.43. The molecule has 1 aliphatic heterocycles. The molecule has 0 radical (unpaired) electrons. The van der Waals surface area contributed by atoms with Gasteiger partial charge >= 0.3 is 0 Å². The molecular formula is C11H22N2OS. The Kier molecular flexibility index (Phi) is 5.50. The summed E-state index contributed by atoms with van der Waals surface area (Å²) in [4.78, 5) is 3.05. The van der Waals surface area contributed by atoms with Crippen LogP contribution in [-0.2, 0) is 4.74 Å². The number of hydrogen-bond acceptors (Lipinski definition) is 3. The van der Waals surface area contributed by atoms with Crippen molar-refractivity contribution in [2.75, 3.05) is 26.3 Å². The van der Waals surface area contributed by atoms with Crippen LogP contribution < -0.4 is 5.73 Å². The molecule has 0 bridgehead atoms. The van der Waals surface area contributed by atoms with Gasteiger partial charge < -0.3 is 10.5 Å². The van der Waals surface area contributed by atoms with Crippen molar-refractivity contribution in [3.8, 4) is 0 Å². The van der Waals surface area contributed by atoms with Gasteiger partial charge in [0.05, 0.1) is 11.6 Å². The van der Waals surface area contributed by atoms with E-state index in [0.717, 1.165) is 26.3 Å². The first-order valence-electron chi connectivity index (χ1n) is 5.76. The predicted molar refractivity (Wildman–Crippen MR) is 67.0 cm³/mol. The number of nitrogens with zero attached hydrogens (tertiary/aromatic N) is 1. The second kappa shape index (κ2) is 6.40. The van der Waals surface area contributed by atoms with E-state index in [9.17, 15) is 0 Å². The summed E-state index contributed by atoms with van der Waals surface area (Å²) in [7, 11) is 0. The average molecular weight is 230 g/mol. The van der Waals surface area contributed by atoms with E-state index in [2.05, 4.69) is 18.7 Å². The maximum absolute atomic E-state index is 5.64. The van der Waals surface area contributed by atoms with Gasteiger partial charge in [0.2, 0.25) is 0 Å². The summed E-state index contributed by atoms with van der Waals surface area (Å²) in [6, 6.07) is 0.556. The highest BCUT2D eigenvalue weighted by atomic mass is 32.1. The fraction of sp³-hybridized carbons (Fsp3) is 0.909. The van der Waals surface area contributed by atoms with Crippen LogP contribution in [-0.4, -0.2) is 42.2 Å². The van der Waals surface area contributed by atoms with Crippen LogP contribution in [0.2, 0.25) is 0 Å². The number of likely N-dealkylation sites (N-methyl/N-ethyl adjacent to an activating group) is 1. The molecule has 1 rings (SSSR count). The van der Waals surface area contributed by atoms with Crippen LogP contribution in [0.3, 0.4) is 0 Å². The van der Waals surface area contributed by atoms with Crippen molar-refractivity contribution in [2.45, 2.75) is 32.7 Å². The van der Waals surface area contributed by atoms with Crippen LogP contribution in [0.1, 0.15) is 26.7 Å². The molecular weight excluding hydrogens is 208 g/mol. The lowest BCUT2D eigenvalue weighted by atomic mass is 10.1. The van der Waals surface area contributed by atoms with E-state index >= 15 is 0 Å². The quantitative estimate of drug-likeness (QED) is 0.725. The minimum Gasteiger partial charge on any atom is -0.393 e. The van der Waals surface area contributed by atoms with Gasteiger partial charge in [0.15, 0.2) is 0 Å². The molecule has 88 valence electrons. The van der Waals surface area contributed by atoms with Crippen molar-refractivity contribution in [2.24, 2.45) is 11.7 Å². The van der Waals surface area contributed by atoms with Gasteiger partial charge in [0, 0.05) is 25.1 Å². The van der Waals surface area contributed by atoms with Crippen molar-refractivity contribution < 1.29 is 4.74 Å². The highest BCUT2D eigenvalue weighted by Crippen LogP contribution is 2.14. The van der Waals surface area contributed by atoms with E-state index < -0.39 is 0 Å². The molecule has 0 aromatic rings. The van der Waals surface area contributed by atoms with Crippen LogP contribution in [0.5, 0.6) is 0 Å². The molecule has 15 heavy (non-hydrogen) atoms. The van der Waals surface area contributed by atoms with Gasteiger partial charge in [-0.2, -0.15) is 0 Å². The summed E-state index contributed by atoms with van der Waals surface area (Å²) in [6.45, 7) is 8.05. The minimum absolute atomic E-state index is 0.293. The summed E-state index contributed by atoms with van der Waals surface area (Å²) in [6.07, 6.45) is 2.40. The summed E-state index contributed by atoms with van der Waals surface area (Å²) >= 11 is 5.01. The molecule has 1 aliphatic rings. The zero-order valence-corrected chi connectivity index (χ0v) is 10.6. The minimum atomic E-state index is 0.293. The number of thiocarbonyl (C=S) groups is 1. The summed E-state index contributed by atoms with van der Waals surface area (Å²) in [5, 5.41) is 0. The molecule has 1 fully saturated rings. The topological polar surface area (TPSA) is 38.5 Å². The van der Waals surface area contributed by atoms with Crippen LogP contribution in [0.15, 0.2) is 0 Å². The van der Waals surface area contributed by atoms with Crippen LogP contribution in [0, 0.1) is 5.92 Å². The van der Waals surface area contributed by atoms with Crippen molar-refractivity contribution in [1.82, 2.24) is 4.90 Å². The third-order valence-corrected chi connectivity index (χ3v) is 3.46. The van der Waals surface area contributed by atoms with E-state index in [4.69, 9.17) is 22.7 Å². The molecule has 2 unspecified atom stereocenters. The molecule has 0 saturated carbocycles. The summed E-state index contributed by atoms with van der Waals surface area (Å²) in [5.41, 5.74) is 5.64. The van der Waals surface area contributed by atoms with Crippen LogP contribution >= 0.6 is 12.2 Å². The number of hydrogen-bond donors (Lipinski definition) is 1. The van der Waals surface area contributed by atoms with Crippen LogP contribution in [0.25, 0.3) is 0 Å². The highest BCUT2D eigenvalue weighted by Gasteiger charge is 2.22. The van der Waals surface area contributed by atoms with Crippen molar-refractivity contribution in [3.05, 3.63) is 0 Å². The Bertz CT molecular complexity index is 205. The maximum Gasteiger partial charge on any atom is 0.0768 e. The second-order valence-corrected chi connectivity index (χ2v) is 4.73. The zero-order chi connectivity index (χ0) is 11.3. The first kappa shape index (κ1) is 12.9. The van der Waals surface area contributed by atoms with Crippen molar-refractivity contribution >= 4 is 17.2 Å². The van der Waals surface area contributed by atoms with Gasteiger partial charge in [0.25, 0.3) is 0 Å². The van der Waals surface area contributed by atoms with E-state index in [1.165, 1.54) is 12.8 Å². The third kappa shape index (κ3) is 4.05. The molecule has 4 heteroatoms.